The lowest BCUT2D eigenvalue weighted by molar-refractivity contribution is -0.144. The van der Waals surface area contributed by atoms with Crippen LogP contribution in [0.4, 0.5) is 0 Å². The van der Waals surface area contributed by atoms with Gasteiger partial charge in [0.15, 0.2) is 0 Å². The molecular weight excluding hydrogens is 594 g/mol. The van der Waals surface area contributed by atoms with Crippen LogP contribution in [-0.2, 0) is 28.8 Å². The number of hydrogen-bond acceptors (Lipinski definition) is 10. The van der Waals surface area contributed by atoms with Crippen LogP contribution in [0.2, 0.25) is 0 Å². The molecule has 0 aromatic rings. The summed E-state index contributed by atoms with van der Waals surface area (Å²) in [6.45, 7) is 4.18. The maximum atomic E-state index is 13.5. The van der Waals surface area contributed by atoms with Gasteiger partial charge in [0.25, 0.3) is 0 Å². The fraction of sp³-hybridized carbons (Fsp3) is 0.786. The lowest BCUT2D eigenvalue weighted by atomic mass is 9.98. The van der Waals surface area contributed by atoms with Gasteiger partial charge in [-0.2, -0.15) is 11.8 Å². The van der Waals surface area contributed by atoms with E-state index in [2.05, 4.69) is 21.3 Å². The van der Waals surface area contributed by atoms with E-state index in [1.165, 1.54) is 11.8 Å². The molecule has 0 rings (SSSR count). The Balaban J connectivity index is 5.97. The first-order valence-corrected chi connectivity index (χ1v) is 16.5. The van der Waals surface area contributed by atoms with E-state index in [0.29, 0.717) is 57.4 Å². The Morgan fingerprint density at radius 1 is 0.705 bits per heavy atom. The summed E-state index contributed by atoms with van der Waals surface area (Å²) >= 11 is 1.49. The van der Waals surface area contributed by atoms with Crippen molar-refractivity contribution in [3.8, 4) is 0 Å². The first kappa shape index (κ1) is 41.0. The highest BCUT2D eigenvalue weighted by Gasteiger charge is 2.32. The molecule has 44 heavy (non-hydrogen) atoms. The number of nitrogens with two attached hydrogens (primary N) is 3. The fourth-order valence-electron chi connectivity index (χ4n) is 4.20. The van der Waals surface area contributed by atoms with Gasteiger partial charge in [-0.25, -0.2) is 4.79 Å². The Labute approximate surface area is 263 Å². The zero-order valence-electron chi connectivity index (χ0n) is 26.1. The van der Waals surface area contributed by atoms with Crippen molar-refractivity contribution in [2.75, 3.05) is 25.1 Å². The zero-order valence-corrected chi connectivity index (χ0v) is 27.0. The molecule has 0 aliphatic carbocycles. The van der Waals surface area contributed by atoms with Gasteiger partial charge < -0.3 is 48.7 Å². The third-order valence-corrected chi connectivity index (χ3v) is 7.83. The Bertz CT molecular complexity index is 926. The predicted molar refractivity (Wildman–Crippen MR) is 168 cm³/mol. The summed E-state index contributed by atoms with van der Waals surface area (Å²) in [7, 11) is 0. The number of hydrogen-bond donors (Lipinski definition) is 9. The second kappa shape index (κ2) is 23.4. The van der Waals surface area contributed by atoms with Gasteiger partial charge in [-0.1, -0.05) is 20.3 Å². The van der Waals surface area contributed by atoms with Gasteiger partial charge in [-0.15, -0.1) is 0 Å². The molecule has 0 saturated carbocycles. The standard InChI is InChI=1S/C28H53N7O8S/c1-4-17(2)23(28(42)43)35-27(41)20(10-6-8-15-30)34-25(39)19(9-5-7-14-29)33-26(40)21(11-12-22(36)37)32-24(38)18(31)13-16-44-3/h17-21,23H,4-16,29-31H2,1-3H3,(H,32,38)(H,33,40)(H,34,39)(H,35,41)(H,36,37)(H,42,43)/t17-,18-,19-,20-,21-,23-/m0/s1. The van der Waals surface area contributed by atoms with Gasteiger partial charge in [-0.05, 0) is 82.4 Å². The summed E-state index contributed by atoms with van der Waals surface area (Å²) < 4.78 is 0. The lowest BCUT2D eigenvalue weighted by Gasteiger charge is -2.27. The second-order valence-corrected chi connectivity index (χ2v) is 11.8. The molecule has 0 heterocycles. The second-order valence-electron chi connectivity index (χ2n) is 10.8. The molecule has 0 aromatic heterocycles. The minimum Gasteiger partial charge on any atom is -0.481 e. The summed E-state index contributed by atoms with van der Waals surface area (Å²) in [5.41, 5.74) is 17.1. The van der Waals surface area contributed by atoms with Crippen LogP contribution >= 0.6 is 11.8 Å². The Morgan fingerprint density at radius 3 is 1.57 bits per heavy atom. The molecule has 0 saturated heterocycles. The summed E-state index contributed by atoms with van der Waals surface area (Å²) in [5.74, 6) is -4.92. The number of carboxylic acids is 2. The van der Waals surface area contributed by atoms with Gasteiger partial charge in [0, 0.05) is 6.42 Å². The Morgan fingerprint density at radius 2 is 1.16 bits per heavy atom. The first-order valence-electron chi connectivity index (χ1n) is 15.1. The zero-order chi connectivity index (χ0) is 33.7. The van der Waals surface area contributed by atoms with E-state index in [9.17, 15) is 39.0 Å². The molecule has 254 valence electrons. The van der Waals surface area contributed by atoms with Crippen LogP contribution in [0.25, 0.3) is 0 Å². The van der Waals surface area contributed by atoms with Crippen LogP contribution in [0, 0.1) is 5.92 Å². The average molecular weight is 648 g/mol. The molecule has 6 atom stereocenters. The van der Waals surface area contributed by atoms with Crippen molar-refractivity contribution >= 4 is 47.3 Å². The number of carbonyl (C=O) groups excluding carboxylic acids is 4. The molecule has 0 aliphatic heterocycles. The Hall–Kier alpha value is -2.95. The first-order chi connectivity index (χ1) is 20.8. The third-order valence-electron chi connectivity index (χ3n) is 7.19. The highest BCUT2D eigenvalue weighted by atomic mass is 32.2. The molecule has 0 radical (unpaired) electrons. The van der Waals surface area contributed by atoms with Crippen LogP contribution in [0.3, 0.4) is 0 Å². The van der Waals surface area contributed by atoms with Gasteiger partial charge in [0.2, 0.25) is 23.6 Å². The fourth-order valence-corrected chi connectivity index (χ4v) is 4.69. The number of rotatable bonds is 25. The smallest absolute Gasteiger partial charge is 0.326 e. The van der Waals surface area contributed by atoms with Crippen LogP contribution in [0.1, 0.15) is 78.1 Å². The number of nitrogens with one attached hydrogen (secondary N) is 4. The maximum Gasteiger partial charge on any atom is 0.326 e. The monoisotopic (exact) mass is 647 g/mol. The molecule has 0 unspecified atom stereocenters. The van der Waals surface area contributed by atoms with E-state index in [-0.39, 0.29) is 25.2 Å². The summed E-state index contributed by atoms with van der Waals surface area (Å²) in [6.07, 6.45) is 4.37. The largest absolute Gasteiger partial charge is 0.481 e. The lowest BCUT2D eigenvalue weighted by Crippen LogP contribution is -2.58. The maximum absolute atomic E-state index is 13.5. The average Bonchev–Trinajstić information content (AvgIpc) is 2.98. The molecular formula is C28H53N7O8S. The van der Waals surface area contributed by atoms with E-state index in [4.69, 9.17) is 17.2 Å². The molecule has 0 aliphatic rings. The molecule has 0 fully saturated rings. The third kappa shape index (κ3) is 16.8. The molecule has 0 aromatic carbocycles. The summed E-state index contributed by atoms with van der Waals surface area (Å²) in [6, 6.07) is -5.62. The Kier molecular flexibility index (Phi) is 21.9. The number of carbonyl (C=O) groups is 6. The quantitative estimate of drug-likeness (QED) is 0.0555. The number of thioether (sulfide) groups is 1. The number of carboxylic acid groups (broad SMARTS) is 2. The molecule has 0 bridgehead atoms. The van der Waals surface area contributed by atoms with Crippen molar-refractivity contribution in [3.05, 3.63) is 0 Å². The van der Waals surface area contributed by atoms with Crippen molar-refractivity contribution in [3.63, 3.8) is 0 Å². The minimum atomic E-state index is -1.28. The van der Waals surface area contributed by atoms with Crippen molar-refractivity contribution in [2.24, 2.45) is 23.1 Å². The normalized spacial score (nSPS) is 15.1. The van der Waals surface area contributed by atoms with Crippen molar-refractivity contribution in [1.29, 1.82) is 0 Å². The van der Waals surface area contributed by atoms with E-state index < -0.39 is 72.2 Å². The van der Waals surface area contributed by atoms with Crippen molar-refractivity contribution in [1.82, 2.24) is 21.3 Å². The molecule has 0 spiro atoms. The van der Waals surface area contributed by atoms with E-state index in [1.54, 1.807) is 13.8 Å². The van der Waals surface area contributed by atoms with Gasteiger partial charge in [0.1, 0.15) is 24.2 Å². The van der Waals surface area contributed by atoms with E-state index in [1.807, 2.05) is 6.26 Å². The number of unbranched alkanes of at least 4 members (excludes halogenated alkanes) is 2. The number of amides is 4. The van der Waals surface area contributed by atoms with Crippen LogP contribution in [0.5, 0.6) is 0 Å². The molecule has 15 nitrogen and oxygen atoms in total. The van der Waals surface area contributed by atoms with Crippen LogP contribution in [0.15, 0.2) is 0 Å². The van der Waals surface area contributed by atoms with Gasteiger partial charge >= 0.3 is 11.9 Å². The topological polar surface area (TPSA) is 269 Å². The summed E-state index contributed by atoms with van der Waals surface area (Å²) in [5, 5.41) is 29.1. The molecule has 16 heteroatoms. The van der Waals surface area contributed by atoms with E-state index >= 15 is 0 Å². The molecule has 12 N–H and O–H groups in total. The van der Waals surface area contributed by atoms with Gasteiger partial charge in [-0.3, -0.25) is 24.0 Å². The van der Waals surface area contributed by atoms with Gasteiger partial charge in [0.05, 0.1) is 6.04 Å². The SMILES string of the molecule is CC[C@H](C)[C@H](NC(=O)[C@H](CCCCN)NC(=O)[C@H](CCCCN)NC(=O)[C@H](CCC(=O)O)NC(=O)[C@@H](N)CCSC)C(=O)O. The number of aliphatic carboxylic acids is 2. The minimum absolute atomic E-state index is 0.142. The highest BCUT2D eigenvalue weighted by molar-refractivity contribution is 7.98. The predicted octanol–water partition coefficient (Wildman–Crippen LogP) is -0.740. The van der Waals surface area contributed by atoms with E-state index in [0.717, 1.165) is 0 Å². The van der Waals surface area contributed by atoms with Crippen molar-refractivity contribution in [2.45, 2.75) is 108 Å². The van der Waals surface area contributed by atoms with Crippen LogP contribution in [-0.4, -0.2) is 101 Å². The van der Waals surface area contributed by atoms with Crippen molar-refractivity contribution < 1.29 is 39.0 Å². The van der Waals surface area contributed by atoms with Crippen LogP contribution < -0.4 is 38.5 Å². The molecule has 4 amide bonds. The summed E-state index contributed by atoms with van der Waals surface area (Å²) in [4.78, 5) is 75.6. The highest BCUT2D eigenvalue weighted by Crippen LogP contribution is 2.11.